The monoisotopic (exact) mass is 207 g/mol. The van der Waals surface area contributed by atoms with Crippen LogP contribution in [0, 0.1) is 0 Å². The van der Waals surface area contributed by atoms with E-state index in [9.17, 15) is 0 Å². The molecule has 0 heterocycles. The summed E-state index contributed by atoms with van der Waals surface area (Å²) in [6, 6.07) is 8.63. The summed E-state index contributed by atoms with van der Waals surface area (Å²) in [5.41, 5.74) is 2.91. The van der Waals surface area contributed by atoms with Gasteiger partial charge in [-0.25, -0.2) is 0 Å². The Balaban J connectivity index is 0.000000583. The Kier molecular flexibility index (Phi) is 8.02. The van der Waals surface area contributed by atoms with Gasteiger partial charge in [0.1, 0.15) is 0 Å². The summed E-state index contributed by atoms with van der Waals surface area (Å²) in [4.78, 5) is 2.20. The highest BCUT2D eigenvalue weighted by Crippen LogP contribution is 2.10. The van der Waals surface area contributed by atoms with E-state index in [0.717, 1.165) is 13.0 Å². The molecular weight excluding hydrogens is 182 g/mol. The van der Waals surface area contributed by atoms with Gasteiger partial charge in [-0.3, -0.25) is 0 Å². The topological polar surface area (TPSA) is 3.24 Å². The molecule has 0 aliphatic rings. The van der Waals surface area contributed by atoms with Crippen LogP contribution in [0.1, 0.15) is 38.3 Å². The molecule has 0 amide bonds. The van der Waals surface area contributed by atoms with Crippen molar-refractivity contribution < 1.29 is 0 Å². The maximum absolute atomic E-state index is 2.21. The van der Waals surface area contributed by atoms with Gasteiger partial charge in [0.25, 0.3) is 0 Å². The minimum absolute atomic E-state index is 1.05. The van der Waals surface area contributed by atoms with E-state index >= 15 is 0 Å². The fraction of sp³-hybridized carbons (Fsp3) is 0.571. The first-order chi connectivity index (χ1) is 7.15. The SMILES string of the molecule is CCC.CCc1ccccc1CN(C)C. The van der Waals surface area contributed by atoms with Gasteiger partial charge < -0.3 is 4.90 Å². The number of rotatable bonds is 3. The highest BCUT2D eigenvalue weighted by Gasteiger charge is 1.99. The second-order valence-corrected chi connectivity index (χ2v) is 4.07. The maximum atomic E-state index is 2.21. The van der Waals surface area contributed by atoms with Gasteiger partial charge in [0, 0.05) is 6.54 Å². The number of nitrogens with zero attached hydrogens (tertiary/aromatic N) is 1. The van der Waals surface area contributed by atoms with Gasteiger partial charge >= 0.3 is 0 Å². The fourth-order valence-electron chi connectivity index (χ4n) is 1.40. The predicted molar refractivity (Wildman–Crippen MR) is 69.2 cm³/mol. The highest BCUT2D eigenvalue weighted by atomic mass is 15.0. The molecule has 1 nitrogen and oxygen atoms in total. The van der Waals surface area contributed by atoms with Gasteiger partial charge in [-0.2, -0.15) is 0 Å². The second kappa shape index (κ2) is 8.49. The lowest BCUT2D eigenvalue weighted by Crippen LogP contribution is -2.11. The standard InChI is InChI=1S/C11H17N.C3H8/c1-4-10-7-5-6-8-11(10)9-12(2)3;1-3-2/h5-8H,4,9H2,1-3H3;3H2,1-2H3. The van der Waals surface area contributed by atoms with Crippen molar-refractivity contribution in [3.63, 3.8) is 0 Å². The quantitative estimate of drug-likeness (QED) is 0.730. The van der Waals surface area contributed by atoms with Crippen molar-refractivity contribution in [2.75, 3.05) is 14.1 Å². The smallest absolute Gasteiger partial charge is 0.0230 e. The molecule has 1 rings (SSSR count). The summed E-state index contributed by atoms with van der Waals surface area (Å²) in [7, 11) is 4.21. The molecule has 1 heteroatoms. The summed E-state index contributed by atoms with van der Waals surface area (Å²) < 4.78 is 0. The molecule has 0 unspecified atom stereocenters. The van der Waals surface area contributed by atoms with Crippen molar-refractivity contribution in [1.82, 2.24) is 4.90 Å². The van der Waals surface area contributed by atoms with Gasteiger partial charge in [-0.05, 0) is 31.6 Å². The third kappa shape index (κ3) is 6.29. The van der Waals surface area contributed by atoms with Gasteiger partial charge in [0.2, 0.25) is 0 Å². The number of benzene rings is 1. The highest BCUT2D eigenvalue weighted by molar-refractivity contribution is 5.26. The van der Waals surface area contributed by atoms with Crippen molar-refractivity contribution in [1.29, 1.82) is 0 Å². The molecule has 0 aliphatic carbocycles. The van der Waals surface area contributed by atoms with Gasteiger partial charge in [0.05, 0.1) is 0 Å². The van der Waals surface area contributed by atoms with Gasteiger partial charge in [-0.15, -0.1) is 0 Å². The van der Waals surface area contributed by atoms with E-state index in [1.54, 1.807) is 0 Å². The molecule has 86 valence electrons. The largest absolute Gasteiger partial charge is 0.305 e. The van der Waals surface area contributed by atoms with Crippen LogP contribution in [-0.2, 0) is 13.0 Å². The predicted octanol–water partition coefficient (Wildman–Crippen LogP) is 3.73. The average Bonchev–Trinajstić information content (AvgIpc) is 2.19. The van der Waals surface area contributed by atoms with Gasteiger partial charge in [0.15, 0.2) is 0 Å². The molecule has 0 fully saturated rings. The van der Waals surface area contributed by atoms with Crippen LogP contribution in [0.5, 0.6) is 0 Å². The summed E-state index contributed by atoms with van der Waals surface area (Å²) in [6.45, 7) is 7.50. The van der Waals surface area contributed by atoms with Crippen LogP contribution in [0.2, 0.25) is 0 Å². The number of hydrogen-bond acceptors (Lipinski definition) is 1. The zero-order chi connectivity index (χ0) is 11.7. The van der Waals surface area contributed by atoms with Crippen molar-refractivity contribution in [3.05, 3.63) is 35.4 Å². The minimum Gasteiger partial charge on any atom is -0.305 e. The lowest BCUT2D eigenvalue weighted by atomic mass is 10.1. The Morgan fingerprint density at radius 3 is 1.80 bits per heavy atom. The van der Waals surface area contributed by atoms with Crippen LogP contribution in [0.4, 0.5) is 0 Å². The van der Waals surface area contributed by atoms with Crippen molar-refractivity contribution in [2.24, 2.45) is 0 Å². The molecule has 1 aromatic carbocycles. The fourth-order valence-corrected chi connectivity index (χ4v) is 1.40. The Morgan fingerprint density at radius 1 is 0.933 bits per heavy atom. The first kappa shape index (κ1) is 14.2. The molecule has 0 saturated heterocycles. The molecule has 15 heavy (non-hydrogen) atoms. The Morgan fingerprint density at radius 2 is 1.40 bits per heavy atom. The first-order valence-electron chi connectivity index (χ1n) is 5.87. The molecule has 0 atom stereocenters. The molecule has 0 N–H and O–H groups in total. The van der Waals surface area contributed by atoms with Crippen LogP contribution >= 0.6 is 0 Å². The molecule has 0 aromatic heterocycles. The van der Waals surface area contributed by atoms with Crippen LogP contribution < -0.4 is 0 Å². The molecule has 0 spiro atoms. The summed E-state index contributed by atoms with van der Waals surface area (Å²) in [5, 5.41) is 0. The lowest BCUT2D eigenvalue weighted by molar-refractivity contribution is 0.401. The minimum atomic E-state index is 1.05. The summed E-state index contributed by atoms with van der Waals surface area (Å²) >= 11 is 0. The normalized spacial score (nSPS) is 9.73. The second-order valence-electron chi connectivity index (χ2n) is 4.07. The zero-order valence-corrected chi connectivity index (χ0v) is 10.9. The maximum Gasteiger partial charge on any atom is 0.0230 e. The van der Waals surface area contributed by atoms with Crippen LogP contribution in [-0.4, -0.2) is 19.0 Å². The summed E-state index contributed by atoms with van der Waals surface area (Å²) in [5.74, 6) is 0. The number of hydrogen-bond donors (Lipinski definition) is 0. The molecule has 0 radical (unpaired) electrons. The molecule has 0 bridgehead atoms. The van der Waals surface area contributed by atoms with E-state index < -0.39 is 0 Å². The third-order valence-corrected chi connectivity index (χ3v) is 1.99. The van der Waals surface area contributed by atoms with E-state index in [2.05, 4.69) is 64.0 Å². The third-order valence-electron chi connectivity index (χ3n) is 1.99. The van der Waals surface area contributed by atoms with Crippen LogP contribution in [0.15, 0.2) is 24.3 Å². The van der Waals surface area contributed by atoms with E-state index in [4.69, 9.17) is 0 Å². The van der Waals surface area contributed by atoms with E-state index in [-0.39, 0.29) is 0 Å². The van der Waals surface area contributed by atoms with E-state index in [1.807, 2.05) is 0 Å². The van der Waals surface area contributed by atoms with Crippen LogP contribution in [0.3, 0.4) is 0 Å². The zero-order valence-electron chi connectivity index (χ0n) is 10.9. The van der Waals surface area contributed by atoms with E-state index in [0.29, 0.717) is 0 Å². The van der Waals surface area contributed by atoms with Crippen molar-refractivity contribution in [2.45, 2.75) is 40.2 Å². The molecule has 1 aromatic rings. The molecular formula is C14H25N. The Hall–Kier alpha value is -0.820. The Bertz CT molecular complexity index is 253. The lowest BCUT2D eigenvalue weighted by Gasteiger charge is -2.12. The van der Waals surface area contributed by atoms with E-state index in [1.165, 1.54) is 17.5 Å². The Labute approximate surface area is 95.1 Å². The van der Waals surface area contributed by atoms with Crippen LogP contribution in [0.25, 0.3) is 0 Å². The molecule has 0 saturated carbocycles. The van der Waals surface area contributed by atoms with Gasteiger partial charge in [-0.1, -0.05) is 51.5 Å². The van der Waals surface area contributed by atoms with Crippen molar-refractivity contribution >= 4 is 0 Å². The number of aryl methyl sites for hydroxylation is 1. The molecule has 0 aliphatic heterocycles. The first-order valence-corrected chi connectivity index (χ1v) is 5.87. The average molecular weight is 207 g/mol. The summed E-state index contributed by atoms with van der Waals surface area (Å²) in [6.07, 6.45) is 2.38. The van der Waals surface area contributed by atoms with Crippen molar-refractivity contribution in [3.8, 4) is 0 Å².